The van der Waals surface area contributed by atoms with Crippen molar-refractivity contribution in [1.82, 2.24) is 10.6 Å². The average molecular weight is 275 g/mol. The highest BCUT2D eigenvalue weighted by molar-refractivity contribution is 6.09. The summed E-state index contributed by atoms with van der Waals surface area (Å²) in [7, 11) is 1.49. The maximum atomic E-state index is 11.6. The second kappa shape index (κ2) is 7.73. The normalized spacial score (nSPS) is 11.2. The number of aliphatic hydroxyl groups is 1. The lowest BCUT2D eigenvalue weighted by atomic mass is 10.1. The molecule has 0 aliphatic heterocycles. The van der Waals surface area contributed by atoms with Gasteiger partial charge in [-0.05, 0) is 5.56 Å². The molecule has 20 heavy (non-hydrogen) atoms. The van der Waals surface area contributed by atoms with E-state index in [0.29, 0.717) is 5.56 Å². The van der Waals surface area contributed by atoms with Gasteiger partial charge in [0.05, 0.1) is 5.57 Å². The van der Waals surface area contributed by atoms with Crippen LogP contribution in [0.5, 0.6) is 0 Å². The minimum atomic E-state index is -0.485. The van der Waals surface area contributed by atoms with Gasteiger partial charge < -0.3 is 15.8 Å². The topological polar surface area (TPSA) is 102 Å². The molecule has 0 saturated carbocycles. The van der Waals surface area contributed by atoms with Crippen LogP contribution in [0.1, 0.15) is 18.4 Å². The van der Waals surface area contributed by atoms with Crippen LogP contribution in [0.15, 0.2) is 36.2 Å². The molecule has 1 aromatic rings. The number of hydrogen-bond donors (Lipinski definition) is 4. The Morgan fingerprint density at radius 2 is 1.80 bits per heavy atom. The third-order valence-corrected chi connectivity index (χ3v) is 2.60. The number of rotatable bonds is 6. The van der Waals surface area contributed by atoms with Gasteiger partial charge in [-0.1, -0.05) is 30.3 Å². The van der Waals surface area contributed by atoms with Gasteiger partial charge in [0.25, 0.3) is 0 Å². The molecule has 106 valence electrons. The monoisotopic (exact) mass is 275 g/mol. The molecule has 0 radical (unpaired) electrons. The summed E-state index contributed by atoms with van der Waals surface area (Å²) < 4.78 is 0. The predicted molar refractivity (Wildman–Crippen MR) is 76.2 cm³/mol. The van der Waals surface area contributed by atoms with Gasteiger partial charge >= 0.3 is 0 Å². The Kier molecular flexibility index (Phi) is 5.96. The number of amides is 2. The van der Waals surface area contributed by atoms with Gasteiger partial charge in [0, 0.05) is 26.1 Å². The zero-order valence-electron chi connectivity index (χ0n) is 11.1. The SMILES string of the molecule is CNC(=O)CCC(=O)N/C(O)=C(/C=N)c1ccccc1. The molecule has 0 atom stereocenters. The predicted octanol–water partition coefficient (Wildman–Crippen LogP) is 1.21. The molecule has 1 rings (SSSR count). The first-order valence-corrected chi connectivity index (χ1v) is 6.08. The molecule has 0 spiro atoms. The largest absolute Gasteiger partial charge is 0.494 e. The van der Waals surface area contributed by atoms with Crippen LogP contribution in [0.25, 0.3) is 5.57 Å². The lowest BCUT2D eigenvalue weighted by molar-refractivity contribution is -0.126. The number of carbonyl (C=O) groups excluding carboxylic acids is 2. The third kappa shape index (κ3) is 4.56. The zero-order chi connectivity index (χ0) is 15.0. The van der Waals surface area contributed by atoms with Gasteiger partial charge in [-0.25, -0.2) is 0 Å². The Labute approximate surface area is 117 Å². The molecular formula is C14H17N3O3. The Morgan fingerprint density at radius 1 is 1.20 bits per heavy atom. The summed E-state index contributed by atoms with van der Waals surface area (Å²) in [4.78, 5) is 22.6. The van der Waals surface area contributed by atoms with E-state index in [9.17, 15) is 14.7 Å². The maximum Gasteiger partial charge on any atom is 0.227 e. The molecule has 4 N–H and O–H groups in total. The van der Waals surface area contributed by atoms with Crippen LogP contribution < -0.4 is 10.6 Å². The number of hydrogen-bond acceptors (Lipinski definition) is 4. The van der Waals surface area contributed by atoms with Crippen LogP contribution in [-0.4, -0.2) is 30.2 Å². The second-order valence-corrected chi connectivity index (χ2v) is 3.99. The van der Waals surface area contributed by atoms with Crippen molar-refractivity contribution in [1.29, 1.82) is 5.41 Å². The fourth-order valence-electron chi connectivity index (χ4n) is 1.52. The van der Waals surface area contributed by atoms with E-state index in [1.807, 2.05) is 6.07 Å². The average Bonchev–Trinajstić information content (AvgIpc) is 2.46. The van der Waals surface area contributed by atoms with E-state index in [1.54, 1.807) is 24.3 Å². The highest BCUT2D eigenvalue weighted by Gasteiger charge is 2.11. The summed E-state index contributed by atoms with van der Waals surface area (Å²) in [6, 6.07) is 8.77. The smallest absolute Gasteiger partial charge is 0.227 e. The quantitative estimate of drug-likeness (QED) is 0.463. The minimum absolute atomic E-state index is 0.0379. The molecule has 0 aliphatic rings. The first-order chi connectivity index (χ1) is 9.58. The van der Waals surface area contributed by atoms with Crippen molar-refractivity contribution >= 4 is 23.6 Å². The molecule has 0 heterocycles. The molecule has 0 unspecified atom stereocenters. The fraction of sp³-hybridized carbons (Fsp3) is 0.214. The molecule has 6 heteroatoms. The highest BCUT2D eigenvalue weighted by Crippen LogP contribution is 2.13. The lowest BCUT2D eigenvalue weighted by Gasteiger charge is -2.08. The first kappa shape index (κ1) is 15.4. The fourth-order valence-corrected chi connectivity index (χ4v) is 1.52. The summed E-state index contributed by atoms with van der Waals surface area (Å²) >= 11 is 0. The van der Waals surface area contributed by atoms with Crippen molar-refractivity contribution in [3.05, 3.63) is 41.8 Å². The molecule has 0 fully saturated rings. The van der Waals surface area contributed by atoms with Crippen molar-refractivity contribution in [2.75, 3.05) is 7.05 Å². The number of aliphatic hydroxyl groups excluding tert-OH is 1. The molecule has 0 aliphatic carbocycles. The van der Waals surface area contributed by atoms with Gasteiger partial charge in [0.15, 0.2) is 0 Å². The van der Waals surface area contributed by atoms with Crippen molar-refractivity contribution in [2.45, 2.75) is 12.8 Å². The van der Waals surface area contributed by atoms with Crippen LogP contribution in [0.4, 0.5) is 0 Å². The molecule has 2 amide bonds. The second-order valence-electron chi connectivity index (χ2n) is 3.99. The summed E-state index contributed by atoms with van der Waals surface area (Å²) in [5.74, 6) is -1.13. The Morgan fingerprint density at radius 3 is 2.35 bits per heavy atom. The molecule has 0 bridgehead atoms. The van der Waals surface area contributed by atoms with Crippen LogP contribution in [0.3, 0.4) is 0 Å². The highest BCUT2D eigenvalue weighted by atomic mass is 16.3. The Bertz CT molecular complexity index is 524. The van der Waals surface area contributed by atoms with Gasteiger partial charge in [-0.2, -0.15) is 0 Å². The third-order valence-electron chi connectivity index (χ3n) is 2.60. The van der Waals surface area contributed by atoms with Crippen molar-refractivity contribution in [2.24, 2.45) is 0 Å². The number of carbonyl (C=O) groups is 2. The van der Waals surface area contributed by atoms with Gasteiger partial charge in [-0.3, -0.25) is 14.9 Å². The number of benzene rings is 1. The summed E-state index contributed by atoms with van der Waals surface area (Å²) in [5.41, 5.74) is 0.825. The van der Waals surface area contributed by atoms with Crippen molar-refractivity contribution in [3.63, 3.8) is 0 Å². The first-order valence-electron chi connectivity index (χ1n) is 6.08. The summed E-state index contributed by atoms with van der Waals surface area (Å²) in [6.07, 6.45) is 0.967. The van der Waals surface area contributed by atoms with Crippen LogP contribution in [-0.2, 0) is 9.59 Å². The summed E-state index contributed by atoms with van der Waals surface area (Å²) in [5, 5.41) is 21.8. The van der Waals surface area contributed by atoms with Crippen molar-refractivity contribution < 1.29 is 14.7 Å². The molecule has 1 aromatic carbocycles. The molecule has 0 saturated heterocycles. The maximum absolute atomic E-state index is 11.6. The van der Waals surface area contributed by atoms with Gasteiger partial charge in [0.2, 0.25) is 17.7 Å². The minimum Gasteiger partial charge on any atom is -0.494 e. The Hall–Kier alpha value is -2.63. The van der Waals surface area contributed by atoms with Gasteiger partial charge in [0.1, 0.15) is 0 Å². The summed E-state index contributed by atoms with van der Waals surface area (Å²) in [6.45, 7) is 0. The van der Waals surface area contributed by atoms with E-state index in [0.717, 1.165) is 6.21 Å². The van der Waals surface area contributed by atoms with Crippen molar-refractivity contribution in [3.8, 4) is 0 Å². The van der Waals surface area contributed by atoms with E-state index in [4.69, 9.17) is 5.41 Å². The van der Waals surface area contributed by atoms with Crippen LogP contribution in [0.2, 0.25) is 0 Å². The van der Waals surface area contributed by atoms with E-state index < -0.39 is 11.8 Å². The van der Waals surface area contributed by atoms with Gasteiger partial charge in [-0.15, -0.1) is 0 Å². The Balaban J connectivity index is 2.73. The molecule has 6 nitrogen and oxygen atoms in total. The van der Waals surface area contributed by atoms with E-state index in [2.05, 4.69) is 10.6 Å². The number of nitrogens with one attached hydrogen (secondary N) is 3. The van der Waals surface area contributed by atoms with E-state index in [1.165, 1.54) is 7.05 Å². The van der Waals surface area contributed by atoms with Crippen LogP contribution >= 0.6 is 0 Å². The van der Waals surface area contributed by atoms with Crippen LogP contribution in [0, 0.1) is 5.41 Å². The standard InChI is InChI=1S/C14H17N3O3/c1-16-12(18)7-8-13(19)17-14(20)11(9-15)10-5-3-2-4-6-10/h2-6,9,15,20H,7-8H2,1H3,(H,16,18)(H,17,19)/b14-11+,15-9?. The molecular weight excluding hydrogens is 258 g/mol. The zero-order valence-corrected chi connectivity index (χ0v) is 11.1. The lowest BCUT2D eigenvalue weighted by Crippen LogP contribution is -2.26. The van der Waals surface area contributed by atoms with E-state index in [-0.39, 0.29) is 24.3 Å². The number of allylic oxidation sites excluding steroid dienone is 1. The van der Waals surface area contributed by atoms with E-state index >= 15 is 0 Å². The molecule has 0 aromatic heterocycles.